The fourth-order valence-corrected chi connectivity index (χ4v) is 2.65. The summed E-state index contributed by atoms with van der Waals surface area (Å²) in [4.78, 5) is 16.1. The van der Waals surface area contributed by atoms with E-state index >= 15 is 0 Å². The number of nitrogens with one attached hydrogen (secondary N) is 3. The molecule has 0 bridgehead atoms. The van der Waals surface area contributed by atoms with Crippen LogP contribution in [0.25, 0.3) is 0 Å². The maximum absolute atomic E-state index is 11.9. The van der Waals surface area contributed by atoms with Crippen molar-refractivity contribution in [2.75, 3.05) is 13.6 Å². The number of benzene rings is 1. The summed E-state index contributed by atoms with van der Waals surface area (Å²) in [7, 11) is -2.07. The van der Waals surface area contributed by atoms with Gasteiger partial charge in [-0.2, -0.15) is 0 Å². The number of aliphatic imine (C=N–C) groups is 1. The van der Waals surface area contributed by atoms with Crippen molar-refractivity contribution >= 4 is 22.1 Å². The SMILES string of the molecule is CN=C(NCc1ccc(S(N)(=O)=O)cc1)NCC(C)(C)NC(=O)OC(C)(C)C. The van der Waals surface area contributed by atoms with Crippen LogP contribution in [0.5, 0.6) is 0 Å². The van der Waals surface area contributed by atoms with Gasteiger partial charge in [-0.1, -0.05) is 12.1 Å². The zero-order valence-corrected chi connectivity index (χ0v) is 18.1. The van der Waals surface area contributed by atoms with Crippen LogP contribution in [0.2, 0.25) is 0 Å². The average molecular weight is 414 g/mol. The van der Waals surface area contributed by atoms with Gasteiger partial charge in [0.05, 0.1) is 10.4 Å². The van der Waals surface area contributed by atoms with Crippen molar-refractivity contribution in [2.45, 2.75) is 57.2 Å². The molecule has 0 heterocycles. The number of carbonyl (C=O) groups excluding carboxylic acids is 1. The van der Waals surface area contributed by atoms with E-state index in [1.54, 1.807) is 40.0 Å². The number of primary sulfonamides is 1. The van der Waals surface area contributed by atoms with Crippen LogP contribution in [0.4, 0.5) is 4.79 Å². The molecular formula is C18H31N5O4S. The number of carbonyl (C=O) groups is 1. The third-order valence-corrected chi connectivity index (χ3v) is 4.40. The summed E-state index contributed by atoms with van der Waals surface area (Å²) < 4.78 is 27.8. The molecule has 0 saturated heterocycles. The smallest absolute Gasteiger partial charge is 0.408 e. The molecule has 0 atom stereocenters. The number of hydrogen-bond acceptors (Lipinski definition) is 5. The van der Waals surface area contributed by atoms with Crippen LogP contribution < -0.4 is 21.1 Å². The van der Waals surface area contributed by atoms with Crippen LogP contribution in [0.1, 0.15) is 40.2 Å². The summed E-state index contributed by atoms with van der Waals surface area (Å²) in [5.74, 6) is 0.537. The van der Waals surface area contributed by atoms with Gasteiger partial charge in [0.25, 0.3) is 0 Å². The number of sulfonamides is 1. The van der Waals surface area contributed by atoms with Crippen LogP contribution in [-0.2, 0) is 21.3 Å². The second-order valence-electron chi connectivity index (χ2n) is 7.98. The van der Waals surface area contributed by atoms with Crippen LogP contribution in [0.3, 0.4) is 0 Å². The van der Waals surface area contributed by atoms with Gasteiger partial charge in [-0.15, -0.1) is 0 Å². The minimum Gasteiger partial charge on any atom is -0.444 e. The Labute approximate surface area is 167 Å². The summed E-state index contributed by atoms with van der Waals surface area (Å²) in [5.41, 5.74) is -0.275. The van der Waals surface area contributed by atoms with E-state index in [4.69, 9.17) is 9.88 Å². The molecule has 0 aliphatic carbocycles. The Morgan fingerprint density at radius 3 is 2.14 bits per heavy atom. The third-order valence-electron chi connectivity index (χ3n) is 3.47. The van der Waals surface area contributed by atoms with Gasteiger partial charge in [0.15, 0.2) is 5.96 Å². The molecule has 5 N–H and O–H groups in total. The molecule has 10 heteroatoms. The molecule has 0 spiro atoms. The summed E-state index contributed by atoms with van der Waals surface area (Å²) in [5, 5.41) is 14.2. The predicted molar refractivity (Wildman–Crippen MR) is 109 cm³/mol. The molecule has 1 rings (SSSR count). The fraction of sp³-hybridized carbons (Fsp3) is 0.556. The lowest BCUT2D eigenvalue weighted by atomic mass is 10.1. The van der Waals surface area contributed by atoms with E-state index < -0.39 is 27.3 Å². The maximum Gasteiger partial charge on any atom is 0.408 e. The molecule has 9 nitrogen and oxygen atoms in total. The lowest BCUT2D eigenvalue weighted by Crippen LogP contribution is -2.54. The molecule has 1 aromatic rings. The zero-order valence-electron chi connectivity index (χ0n) is 17.3. The Bertz CT molecular complexity index is 796. The Balaban J connectivity index is 2.55. The predicted octanol–water partition coefficient (Wildman–Crippen LogP) is 1.30. The number of hydrogen-bond donors (Lipinski definition) is 4. The monoisotopic (exact) mass is 413 g/mol. The highest BCUT2D eigenvalue weighted by atomic mass is 32.2. The quantitative estimate of drug-likeness (QED) is 0.410. The second kappa shape index (κ2) is 9.24. The molecule has 1 aromatic carbocycles. The van der Waals surface area contributed by atoms with E-state index in [9.17, 15) is 13.2 Å². The molecule has 0 aliphatic rings. The summed E-state index contributed by atoms with van der Waals surface area (Å²) in [6, 6.07) is 6.26. The minimum absolute atomic E-state index is 0.0636. The average Bonchev–Trinajstić information content (AvgIpc) is 2.52. The van der Waals surface area contributed by atoms with Gasteiger partial charge in [0.2, 0.25) is 10.0 Å². The van der Waals surface area contributed by atoms with Gasteiger partial charge < -0.3 is 20.7 Å². The van der Waals surface area contributed by atoms with Crippen molar-refractivity contribution < 1.29 is 17.9 Å². The number of amides is 1. The first-order valence-corrected chi connectivity index (χ1v) is 10.3. The van der Waals surface area contributed by atoms with Gasteiger partial charge >= 0.3 is 6.09 Å². The molecule has 0 aliphatic heterocycles. The Hall–Kier alpha value is -2.33. The minimum atomic E-state index is -3.70. The zero-order chi connectivity index (χ0) is 21.6. The first-order valence-electron chi connectivity index (χ1n) is 8.79. The molecule has 0 aromatic heterocycles. The fourth-order valence-electron chi connectivity index (χ4n) is 2.13. The maximum atomic E-state index is 11.9. The van der Waals surface area contributed by atoms with Crippen molar-refractivity contribution in [3.63, 3.8) is 0 Å². The highest BCUT2D eigenvalue weighted by Crippen LogP contribution is 2.10. The Morgan fingerprint density at radius 2 is 1.68 bits per heavy atom. The normalized spacial score (nSPS) is 13.0. The topological polar surface area (TPSA) is 135 Å². The molecule has 0 fully saturated rings. The van der Waals surface area contributed by atoms with Gasteiger partial charge in [0.1, 0.15) is 5.60 Å². The molecular weight excluding hydrogens is 382 g/mol. The van der Waals surface area contributed by atoms with Crippen molar-refractivity contribution in [2.24, 2.45) is 10.1 Å². The highest BCUT2D eigenvalue weighted by Gasteiger charge is 2.24. The number of ether oxygens (including phenoxy) is 1. The van der Waals surface area contributed by atoms with Gasteiger partial charge in [-0.05, 0) is 52.3 Å². The Kier molecular flexibility index (Phi) is 7.83. The second-order valence-corrected chi connectivity index (χ2v) is 9.54. The first kappa shape index (κ1) is 23.7. The van der Waals surface area contributed by atoms with Gasteiger partial charge in [0, 0.05) is 20.1 Å². The van der Waals surface area contributed by atoms with E-state index in [1.165, 1.54) is 12.1 Å². The number of guanidine groups is 1. The van der Waals surface area contributed by atoms with Crippen LogP contribution in [-0.4, -0.2) is 45.2 Å². The van der Waals surface area contributed by atoms with E-state index in [2.05, 4.69) is 20.9 Å². The number of alkyl carbamates (subject to hydrolysis) is 1. The van der Waals surface area contributed by atoms with Crippen molar-refractivity contribution in [3.8, 4) is 0 Å². The number of nitrogens with zero attached hydrogens (tertiary/aromatic N) is 1. The number of nitrogens with two attached hydrogens (primary N) is 1. The largest absolute Gasteiger partial charge is 0.444 e. The van der Waals surface area contributed by atoms with Crippen LogP contribution >= 0.6 is 0 Å². The summed E-state index contributed by atoms with van der Waals surface area (Å²) in [6.45, 7) is 9.99. The summed E-state index contributed by atoms with van der Waals surface area (Å²) >= 11 is 0. The number of rotatable bonds is 6. The molecule has 0 radical (unpaired) electrons. The van der Waals surface area contributed by atoms with E-state index in [-0.39, 0.29) is 4.90 Å². The van der Waals surface area contributed by atoms with Gasteiger partial charge in [-0.25, -0.2) is 18.4 Å². The summed E-state index contributed by atoms with van der Waals surface area (Å²) in [6.07, 6.45) is -0.489. The van der Waals surface area contributed by atoms with Crippen molar-refractivity contribution in [1.82, 2.24) is 16.0 Å². The lowest BCUT2D eigenvalue weighted by molar-refractivity contribution is 0.0474. The van der Waals surface area contributed by atoms with Crippen LogP contribution in [0.15, 0.2) is 34.2 Å². The molecule has 1 amide bonds. The van der Waals surface area contributed by atoms with E-state index in [0.717, 1.165) is 5.56 Å². The van der Waals surface area contributed by atoms with E-state index in [0.29, 0.717) is 19.0 Å². The molecule has 28 heavy (non-hydrogen) atoms. The molecule has 0 saturated carbocycles. The standard InChI is InChI=1S/C18H31N5O4S/c1-17(2,3)27-16(24)23-18(4,5)12-22-15(20-6)21-11-13-7-9-14(10-8-13)28(19,25)26/h7-10H,11-12H2,1-6H3,(H,23,24)(H2,19,25,26)(H2,20,21,22). The van der Waals surface area contributed by atoms with Crippen molar-refractivity contribution in [1.29, 1.82) is 0 Å². The first-order chi connectivity index (χ1) is 12.7. The van der Waals surface area contributed by atoms with Crippen LogP contribution in [0, 0.1) is 0 Å². The van der Waals surface area contributed by atoms with Crippen molar-refractivity contribution in [3.05, 3.63) is 29.8 Å². The highest BCUT2D eigenvalue weighted by molar-refractivity contribution is 7.89. The van der Waals surface area contributed by atoms with Gasteiger partial charge in [-0.3, -0.25) is 4.99 Å². The Morgan fingerprint density at radius 1 is 1.11 bits per heavy atom. The molecule has 0 unspecified atom stereocenters. The third kappa shape index (κ3) is 9.05. The van der Waals surface area contributed by atoms with E-state index in [1.807, 2.05) is 13.8 Å². The molecule has 158 valence electrons. The lowest BCUT2D eigenvalue weighted by Gasteiger charge is -2.29.